The van der Waals surface area contributed by atoms with Gasteiger partial charge in [0.1, 0.15) is 0 Å². The van der Waals surface area contributed by atoms with Crippen molar-refractivity contribution in [3.05, 3.63) is 0 Å². The van der Waals surface area contributed by atoms with Gasteiger partial charge in [-0.1, -0.05) is 6.42 Å². The fraction of sp³-hybridized carbons (Fsp3) is 0.917. The molecule has 1 N–H and O–H groups in total. The smallest absolute Gasteiger partial charge is 0.239 e. The van der Waals surface area contributed by atoms with E-state index in [1.807, 2.05) is 11.9 Å². The average molecular weight is 226 g/mol. The number of nitrogens with one attached hydrogen (secondary N) is 1. The maximum Gasteiger partial charge on any atom is 0.239 e. The number of carbonyl (C=O) groups excluding carboxylic acids is 1. The standard InChI is InChI=1S/C12H22N2O2/c1-14(9-10-5-4-8-16-10)12(15)11-6-2-3-7-13-11/h10-11,13H,2-9H2,1H3. The summed E-state index contributed by atoms with van der Waals surface area (Å²) >= 11 is 0. The van der Waals surface area contributed by atoms with Gasteiger partial charge in [-0.3, -0.25) is 4.79 Å². The summed E-state index contributed by atoms with van der Waals surface area (Å²) in [4.78, 5) is 13.9. The fourth-order valence-electron chi connectivity index (χ4n) is 2.51. The molecular formula is C12H22N2O2. The first-order valence-corrected chi connectivity index (χ1v) is 6.37. The molecule has 0 aliphatic carbocycles. The number of rotatable bonds is 3. The third-order valence-electron chi connectivity index (χ3n) is 3.49. The summed E-state index contributed by atoms with van der Waals surface area (Å²) in [7, 11) is 1.89. The molecule has 2 atom stereocenters. The molecule has 4 nitrogen and oxygen atoms in total. The normalized spacial score (nSPS) is 30.3. The minimum absolute atomic E-state index is 0.0418. The van der Waals surface area contributed by atoms with E-state index in [1.165, 1.54) is 6.42 Å². The van der Waals surface area contributed by atoms with Crippen molar-refractivity contribution >= 4 is 5.91 Å². The van der Waals surface area contributed by atoms with Crippen molar-refractivity contribution in [3.63, 3.8) is 0 Å². The van der Waals surface area contributed by atoms with Crippen LogP contribution in [-0.2, 0) is 9.53 Å². The van der Waals surface area contributed by atoms with Gasteiger partial charge in [0.15, 0.2) is 0 Å². The molecule has 2 saturated heterocycles. The summed E-state index contributed by atoms with van der Waals surface area (Å²) in [6.45, 7) is 2.58. The predicted octanol–water partition coefficient (Wildman–Crippen LogP) is 0.766. The summed E-state index contributed by atoms with van der Waals surface area (Å²) in [5, 5.41) is 3.29. The van der Waals surface area contributed by atoms with E-state index in [1.54, 1.807) is 0 Å². The van der Waals surface area contributed by atoms with E-state index < -0.39 is 0 Å². The van der Waals surface area contributed by atoms with Gasteiger partial charge in [-0.25, -0.2) is 0 Å². The lowest BCUT2D eigenvalue weighted by Crippen LogP contribution is -2.48. The van der Waals surface area contributed by atoms with Crippen molar-refractivity contribution < 1.29 is 9.53 Å². The lowest BCUT2D eigenvalue weighted by atomic mass is 10.0. The Hall–Kier alpha value is -0.610. The summed E-state index contributed by atoms with van der Waals surface area (Å²) in [5.41, 5.74) is 0. The SMILES string of the molecule is CN(CC1CCCO1)C(=O)C1CCCCN1. The van der Waals surface area contributed by atoms with Gasteiger partial charge in [0.25, 0.3) is 0 Å². The van der Waals surface area contributed by atoms with Gasteiger partial charge in [-0.2, -0.15) is 0 Å². The van der Waals surface area contributed by atoms with Gasteiger partial charge < -0.3 is 15.0 Å². The third kappa shape index (κ3) is 2.95. The first-order chi connectivity index (χ1) is 7.77. The quantitative estimate of drug-likeness (QED) is 0.772. The van der Waals surface area contributed by atoms with Crippen LogP contribution >= 0.6 is 0 Å². The van der Waals surface area contributed by atoms with Crippen LogP contribution in [0.15, 0.2) is 0 Å². The Balaban J connectivity index is 1.78. The van der Waals surface area contributed by atoms with Crippen LogP contribution in [0.1, 0.15) is 32.1 Å². The lowest BCUT2D eigenvalue weighted by molar-refractivity contribution is -0.134. The molecule has 0 aromatic rings. The highest BCUT2D eigenvalue weighted by atomic mass is 16.5. The zero-order valence-electron chi connectivity index (χ0n) is 10.1. The predicted molar refractivity (Wildman–Crippen MR) is 62.3 cm³/mol. The Labute approximate surface area is 97.3 Å². The van der Waals surface area contributed by atoms with Crippen LogP contribution in [0.5, 0.6) is 0 Å². The van der Waals surface area contributed by atoms with Crippen LogP contribution in [0.2, 0.25) is 0 Å². The highest BCUT2D eigenvalue weighted by molar-refractivity contribution is 5.81. The van der Waals surface area contributed by atoms with Gasteiger partial charge in [0, 0.05) is 20.2 Å². The molecule has 16 heavy (non-hydrogen) atoms. The lowest BCUT2D eigenvalue weighted by Gasteiger charge is -2.28. The zero-order chi connectivity index (χ0) is 11.4. The van der Waals surface area contributed by atoms with Crippen LogP contribution in [0, 0.1) is 0 Å². The fourth-order valence-corrected chi connectivity index (χ4v) is 2.51. The van der Waals surface area contributed by atoms with E-state index >= 15 is 0 Å². The number of carbonyl (C=O) groups is 1. The average Bonchev–Trinajstić information content (AvgIpc) is 2.82. The molecule has 2 heterocycles. The minimum Gasteiger partial charge on any atom is -0.376 e. The molecule has 2 aliphatic heterocycles. The second-order valence-corrected chi connectivity index (χ2v) is 4.86. The van der Waals surface area contributed by atoms with Gasteiger partial charge in [-0.05, 0) is 32.2 Å². The Kier molecular flexibility index (Phi) is 4.18. The molecule has 0 aromatic carbocycles. The van der Waals surface area contributed by atoms with Gasteiger partial charge in [-0.15, -0.1) is 0 Å². The Morgan fingerprint density at radius 1 is 1.38 bits per heavy atom. The molecular weight excluding hydrogens is 204 g/mol. The molecule has 0 aromatic heterocycles. The number of amides is 1. The van der Waals surface area contributed by atoms with E-state index in [0.717, 1.165) is 45.4 Å². The number of likely N-dealkylation sites (N-methyl/N-ethyl adjacent to an activating group) is 1. The summed E-state index contributed by atoms with van der Waals surface area (Å²) in [6, 6.07) is 0.0418. The van der Waals surface area contributed by atoms with Crippen LogP contribution < -0.4 is 5.32 Å². The topological polar surface area (TPSA) is 41.6 Å². The summed E-state index contributed by atoms with van der Waals surface area (Å²) in [5.74, 6) is 0.232. The van der Waals surface area contributed by atoms with Crippen molar-refractivity contribution in [2.45, 2.75) is 44.2 Å². The Morgan fingerprint density at radius 3 is 2.88 bits per heavy atom. The van der Waals surface area contributed by atoms with Crippen LogP contribution in [-0.4, -0.2) is 49.7 Å². The van der Waals surface area contributed by atoms with Gasteiger partial charge >= 0.3 is 0 Å². The van der Waals surface area contributed by atoms with Gasteiger partial charge in [0.05, 0.1) is 12.1 Å². The van der Waals surface area contributed by atoms with E-state index in [9.17, 15) is 4.79 Å². The van der Waals surface area contributed by atoms with Crippen molar-refractivity contribution in [3.8, 4) is 0 Å². The molecule has 0 spiro atoms. The van der Waals surface area contributed by atoms with E-state index in [4.69, 9.17) is 4.74 Å². The van der Waals surface area contributed by atoms with Crippen molar-refractivity contribution in [1.82, 2.24) is 10.2 Å². The molecule has 0 radical (unpaired) electrons. The highest BCUT2D eigenvalue weighted by Gasteiger charge is 2.26. The molecule has 0 saturated carbocycles. The number of hydrogen-bond donors (Lipinski definition) is 1. The number of ether oxygens (including phenoxy) is 1. The van der Waals surface area contributed by atoms with E-state index in [2.05, 4.69) is 5.32 Å². The van der Waals surface area contributed by atoms with Crippen molar-refractivity contribution in [2.24, 2.45) is 0 Å². The van der Waals surface area contributed by atoms with Gasteiger partial charge in [0.2, 0.25) is 5.91 Å². The zero-order valence-corrected chi connectivity index (χ0v) is 10.1. The Morgan fingerprint density at radius 2 is 2.25 bits per heavy atom. The molecule has 2 unspecified atom stereocenters. The highest BCUT2D eigenvalue weighted by Crippen LogP contribution is 2.14. The largest absolute Gasteiger partial charge is 0.376 e. The molecule has 1 amide bonds. The first kappa shape index (κ1) is 11.9. The van der Waals surface area contributed by atoms with Crippen LogP contribution in [0.4, 0.5) is 0 Å². The molecule has 2 aliphatic rings. The number of hydrogen-bond acceptors (Lipinski definition) is 3. The van der Waals surface area contributed by atoms with E-state index in [-0.39, 0.29) is 18.1 Å². The molecule has 2 fully saturated rings. The van der Waals surface area contributed by atoms with Crippen LogP contribution in [0.25, 0.3) is 0 Å². The van der Waals surface area contributed by atoms with Crippen LogP contribution in [0.3, 0.4) is 0 Å². The number of piperidine rings is 1. The molecule has 0 bridgehead atoms. The maximum absolute atomic E-state index is 12.1. The van der Waals surface area contributed by atoms with E-state index in [0.29, 0.717) is 0 Å². The maximum atomic E-state index is 12.1. The molecule has 92 valence electrons. The summed E-state index contributed by atoms with van der Waals surface area (Å²) < 4.78 is 5.55. The third-order valence-corrected chi connectivity index (χ3v) is 3.49. The van der Waals surface area contributed by atoms with Crippen molar-refractivity contribution in [2.75, 3.05) is 26.7 Å². The minimum atomic E-state index is 0.0418. The summed E-state index contributed by atoms with van der Waals surface area (Å²) in [6.07, 6.45) is 5.83. The second-order valence-electron chi connectivity index (χ2n) is 4.86. The van der Waals surface area contributed by atoms with Crippen molar-refractivity contribution in [1.29, 1.82) is 0 Å². The monoisotopic (exact) mass is 226 g/mol. The first-order valence-electron chi connectivity index (χ1n) is 6.37. The number of nitrogens with zero attached hydrogens (tertiary/aromatic N) is 1. The molecule has 4 heteroatoms. The molecule has 2 rings (SSSR count). The Bertz CT molecular complexity index is 233. The second kappa shape index (κ2) is 5.64.